The van der Waals surface area contributed by atoms with E-state index in [2.05, 4.69) is 9.97 Å². The molecule has 3 aliphatic carbocycles. The summed E-state index contributed by atoms with van der Waals surface area (Å²) in [5, 5.41) is 14.5. The molecule has 3 aromatic heterocycles. The summed E-state index contributed by atoms with van der Waals surface area (Å²) in [6, 6.07) is 13.5. The number of rotatable bonds is 5. The molecule has 8 nitrogen and oxygen atoms in total. The summed E-state index contributed by atoms with van der Waals surface area (Å²) >= 11 is 0. The number of benzene rings is 1. The number of fused-ring (bicyclic) bond motifs is 1. The molecular weight excluding hydrogens is 404 g/mol. The second kappa shape index (κ2) is 6.74. The minimum Gasteiger partial charge on any atom is -0.390 e. The maximum atomic E-state index is 13.3. The predicted octanol–water partition coefficient (Wildman–Crippen LogP) is 2.80. The molecule has 8 heteroatoms. The van der Waals surface area contributed by atoms with Crippen LogP contribution in [0.3, 0.4) is 0 Å². The molecule has 0 saturated heterocycles. The van der Waals surface area contributed by atoms with E-state index in [-0.39, 0.29) is 23.7 Å². The van der Waals surface area contributed by atoms with Gasteiger partial charge in [0.1, 0.15) is 0 Å². The van der Waals surface area contributed by atoms with E-state index in [1.807, 2.05) is 49.4 Å². The number of aliphatic hydroxyl groups is 1. The Morgan fingerprint density at radius 3 is 2.53 bits per heavy atom. The van der Waals surface area contributed by atoms with Crippen molar-refractivity contribution in [3.8, 4) is 22.4 Å². The van der Waals surface area contributed by atoms with Crippen LogP contribution in [0.2, 0.25) is 0 Å². The van der Waals surface area contributed by atoms with Crippen LogP contribution in [0.5, 0.6) is 0 Å². The van der Waals surface area contributed by atoms with Crippen LogP contribution >= 0.6 is 0 Å². The van der Waals surface area contributed by atoms with E-state index in [0.717, 1.165) is 22.7 Å². The quantitative estimate of drug-likeness (QED) is 0.506. The average molecular weight is 428 g/mol. The van der Waals surface area contributed by atoms with E-state index in [1.165, 1.54) is 23.7 Å². The zero-order valence-electron chi connectivity index (χ0n) is 17.8. The minimum atomic E-state index is -0.260. The fourth-order valence-corrected chi connectivity index (χ4v) is 5.41. The summed E-state index contributed by atoms with van der Waals surface area (Å²) in [4.78, 5) is 22.3. The van der Waals surface area contributed by atoms with Crippen molar-refractivity contribution in [1.82, 2.24) is 24.1 Å². The maximum Gasteiger partial charge on any atom is 0.353 e. The van der Waals surface area contributed by atoms with Crippen LogP contribution in [0, 0.1) is 18.3 Å². The van der Waals surface area contributed by atoms with Gasteiger partial charge >= 0.3 is 5.69 Å². The summed E-state index contributed by atoms with van der Waals surface area (Å²) in [5.41, 5.74) is 11.1. The second-order valence-electron chi connectivity index (χ2n) is 9.28. The van der Waals surface area contributed by atoms with Crippen LogP contribution in [0.4, 0.5) is 5.95 Å². The topological polar surface area (TPSA) is 111 Å². The number of pyridine rings is 1. The van der Waals surface area contributed by atoms with Crippen molar-refractivity contribution >= 4 is 11.6 Å². The third-order valence-electron chi connectivity index (χ3n) is 6.91. The Morgan fingerprint density at radius 2 is 1.88 bits per heavy atom. The van der Waals surface area contributed by atoms with Gasteiger partial charge in [-0.1, -0.05) is 30.3 Å². The Labute approximate surface area is 184 Å². The predicted molar refractivity (Wildman–Crippen MR) is 121 cm³/mol. The van der Waals surface area contributed by atoms with E-state index in [9.17, 15) is 9.90 Å². The van der Waals surface area contributed by atoms with Gasteiger partial charge in [0, 0.05) is 11.3 Å². The van der Waals surface area contributed by atoms with Crippen molar-refractivity contribution in [1.29, 1.82) is 0 Å². The van der Waals surface area contributed by atoms with E-state index in [0.29, 0.717) is 29.1 Å². The molecule has 3 saturated carbocycles. The lowest BCUT2D eigenvalue weighted by atomic mass is 9.44. The molecule has 3 heterocycles. The van der Waals surface area contributed by atoms with Crippen LogP contribution in [-0.2, 0) is 13.2 Å². The molecule has 2 bridgehead atoms. The SMILES string of the molecule is Cc1cc(-c2c(-c3ccccc3)nc(N)n3c(=O)n(CC45CC(C4)C5)nc23)cc(CO)n1. The molecule has 0 amide bonds. The number of nitrogen functional groups attached to an aromatic ring is 1. The number of hydrogen-bond acceptors (Lipinski definition) is 6. The van der Waals surface area contributed by atoms with Crippen LogP contribution in [-0.4, -0.2) is 29.3 Å². The van der Waals surface area contributed by atoms with Crippen molar-refractivity contribution in [3.63, 3.8) is 0 Å². The fraction of sp³-hybridized carbons (Fsp3) is 0.333. The normalized spacial score (nSPS) is 21.4. The number of nitrogens with two attached hydrogens (primary N) is 1. The van der Waals surface area contributed by atoms with Crippen LogP contribution in [0.1, 0.15) is 30.7 Å². The lowest BCUT2D eigenvalue weighted by molar-refractivity contribution is -0.120. The Balaban J connectivity index is 1.64. The highest BCUT2D eigenvalue weighted by molar-refractivity contribution is 5.90. The van der Waals surface area contributed by atoms with Gasteiger partial charge in [-0.2, -0.15) is 0 Å². The van der Waals surface area contributed by atoms with Gasteiger partial charge in [0.15, 0.2) is 5.65 Å². The van der Waals surface area contributed by atoms with Crippen molar-refractivity contribution in [2.45, 2.75) is 39.3 Å². The monoisotopic (exact) mass is 428 g/mol. The molecule has 0 radical (unpaired) electrons. The molecule has 0 atom stereocenters. The first-order valence-corrected chi connectivity index (χ1v) is 10.9. The molecule has 7 rings (SSSR count). The highest BCUT2D eigenvalue weighted by Gasteiger charge is 2.56. The summed E-state index contributed by atoms with van der Waals surface area (Å²) in [5.74, 6) is 0.941. The molecule has 162 valence electrons. The van der Waals surface area contributed by atoms with Crippen LogP contribution < -0.4 is 11.4 Å². The summed E-state index contributed by atoms with van der Waals surface area (Å²) in [6.07, 6.45) is 3.52. The minimum absolute atomic E-state index is 0.115. The van der Waals surface area contributed by atoms with Crippen LogP contribution in [0.25, 0.3) is 28.0 Å². The number of aliphatic hydroxyl groups excluding tert-OH is 1. The van der Waals surface area contributed by atoms with Crippen LogP contribution in [0.15, 0.2) is 47.3 Å². The average Bonchev–Trinajstić information content (AvgIpc) is 3.06. The molecule has 32 heavy (non-hydrogen) atoms. The molecule has 4 aromatic rings. The number of anilines is 1. The van der Waals surface area contributed by atoms with Crippen molar-refractivity contribution in [2.75, 3.05) is 5.73 Å². The molecular formula is C24H24N6O2. The van der Waals surface area contributed by atoms with Gasteiger partial charge in [-0.3, -0.25) is 4.98 Å². The van der Waals surface area contributed by atoms with Gasteiger partial charge in [-0.05, 0) is 55.2 Å². The molecule has 3 aliphatic rings. The highest BCUT2D eigenvalue weighted by Crippen LogP contribution is 2.65. The van der Waals surface area contributed by atoms with Crippen molar-refractivity contribution in [3.05, 3.63) is 64.3 Å². The lowest BCUT2D eigenvalue weighted by Crippen LogP contribution is -2.55. The van der Waals surface area contributed by atoms with Crippen molar-refractivity contribution < 1.29 is 5.11 Å². The standard InChI is InChI=1S/C24H24N6O2/c1-14-7-17(8-18(12-31)26-14)19-20(16-5-3-2-4-6-16)27-22(25)30-21(19)28-29(23(30)32)13-24-9-15(10-24)11-24/h2-8,15,31H,9-13H2,1H3,(H2,25,27). The lowest BCUT2D eigenvalue weighted by Gasteiger charge is -2.61. The number of aryl methyl sites for hydroxylation is 1. The summed E-state index contributed by atoms with van der Waals surface area (Å²) < 4.78 is 2.96. The second-order valence-corrected chi connectivity index (χ2v) is 9.28. The summed E-state index contributed by atoms with van der Waals surface area (Å²) in [7, 11) is 0. The molecule has 3 N–H and O–H groups in total. The first kappa shape index (κ1) is 19.2. The number of hydrogen-bond donors (Lipinski definition) is 2. The van der Waals surface area contributed by atoms with Gasteiger partial charge in [0.05, 0.1) is 30.1 Å². The van der Waals surface area contributed by atoms with Gasteiger partial charge in [-0.25, -0.2) is 18.9 Å². The van der Waals surface area contributed by atoms with E-state index in [1.54, 1.807) is 4.68 Å². The number of nitrogens with zero attached hydrogens (tertiary/aromatic N) is 5. The summed E-state index contributed by atoms with van der Waals surface area (Å²) in [6.45, 7) is 2.31. The largest absolute Gasteiger partial charge is 0.390 e. The molecule has 0 unspecified atom stereocenters. The third-order valence-corrected chi connectivity index (χ3v) is 6.91. The van der Waals surface area contributed by atoms with Gasteiger partial charge in [-0.15, -0.1) is 5.10 Å². The van der Waals surface area contributed by atoms with Gasteiger partial charge < -0.3 is 10.8 Å². The van der Waals surface area contributed by atoms with E-state index < -0.39 is 0 Å². The Morgan fingerprint density at radius 1 is 1.12 bits per heavy atom. The smallest absolute Gasteiger partial charge is 0.353 e. The van der Waals surface area contributed by atoms with E-state index in [4.69, 9.17) is 10.8 Å². The number of aromatic nitrogens is 5. The Bertz CT molecular complexity index is 1410. The first-order chi connectivity index (χ1) is 15.5. The highest BCUT2D eigenvalue weighted by atomic mass is 16.3. The Kier molecular flexibility index (Phi) is 4.04. The molecule has 3 fully saturated rings. The Hall–Kier alpha value is -3.52. The van der Waals surface area contributed by atoms with Crippen molar-refractivity contribution in [2.24, 2.45) is 11.3 Å². The van der Waals surface area contributed by atoms with Gasteiger partial charge in [0.2, 0.25) is 5.95 Å². The third kappa shape index (κ3) is 2.79. The molecule has 0 spiro atoms. The zero-order chi connectivity index (χ0) is 22.0. The van der Waals surface area contributed by atoms with E-state index >= 15 is 0 Å². The first-order valence-electron chi connectivity index (χ1n) is 10.9. The maximum absolute atomic E-state index is 13.3. The zero-order valence-corrected chi connectivity index (χ0v) is 17.8. The van der Waals surface area contributed by atoms with Gasteiger partial charge in [0.25, 0.3) is 0 Å². The molecule has 0 aliphatic heterocycles. The fourth-order valence-electron chi connectivity index (χ4n) is 5.41. The molecule has 1 aromatic carbocycles.